The van der Waals surface area contributed by atoms with Crippen molar-refractivity contribution in [2.75, 3.05) is 26.3 Å². The van der Waals surface area contributed by atoms with Crippen molar-refractivity contribution in [2.24, 2.45) is 0 Å². The molecular formula is C23H29NO4. The minimum Gasteiger partial charge on any atom is -0.488 e. The first-order valence-corrected chi connectivity index (χ1v) is 10.1. The number of likely N-dealkylation sites (tertiary alicyclic amines) is 1. The monoisotopic (exact) mass is 383 g/mol. The van der Waals surface area contributed by atoms with Crippen molar-refractivity contribution in [1.82, 2.24) is 4.90 Å². The molecule has 0 amide bonds. The summed E-state index contributed by atoms with van der Waals surface area (Å²) in [4.78, 5) is 2.25. The van der Waals surface area contributed by atoms with Crippen molar-refractivity contribution in [3.63, 3.8) is 0 Å². The van der Waals surface area contributed by atoms with Crippen molar-refractivity contribution < 1.29 is 19.3 Å². The topological polar surface area (TPSA) is 51.2 Å². The Kier molecular flexibility index (Phi) is 5.74. The fraction of sp³-hybridized carbons (Fsp3) is 0.478. The molecule has 2 aromatic carbocycles. The van der Waals surface area contributed by atoms with Gasteiger partial charge in [-0.2, -0.15) is 0 Å². The van der Waals surface area contributed by atoms with Crippen LogP contribution in [-0.2, 0) is 6.54 Å². The van der Waals surface area contributed by atoms with E-state index in [0.29, 0.717) is 25.7 Å². The van der Waals surface area contributed by atoms with Crippen LogP contribution in [0.5, 0.6) is 17.2 Å². The average molecular weight is 383 g/mol. The summed E-state index contributed by atoms with van der Waals surface area (Å²) >= 11 is 0. The zero-order valence-corrected chi connectivity index (χ0v) is 16.6. The number of para-hydroxylation sites is 1. The van der Waals surface area contributed by atoms with Crippen LogP contribution in [0.3, 0.4) is 0 Å². The number of ether oxygens (including phenoxy) is 3. The molecule has 0 unspecified atom stereocenters. The Morgan fingerprint density at radius 3 is 2.79 bits per heavy atom. The maximum atomic E-state index is 10.7. The van der Waals surface area contributed by atoms with Crippen LogP contribution in [0.2, 0.25) is 0 Å². The second kappa shape index (κ2) is 8.41. The lowest BCUT2D eigenvalue weighted by atomic mass is 10.0. The number of fused-ring (bicyclic) bond motifs is 1. The largest absolute Gasteiger partial charge is 0.488 e. The second-order valence-electron chi connectivity index (χ2n) is 7.92. The van der Waals surface area contributed by atoms with Crippen molar-refractivity contribution in [2.45, 2.75) is 44.9 Å². The van der Waals surface area contributed by atoms with Gasteiger partial charge in [0, 0.05) is 25.2 Å². The van der Waals surface area contributed by atoms with E-state index in [4.69, 9.17) is 14.2 Å². The minimum absolute atomic E-state index is 0.178. The van der Waals surface area contributed by atoms with Crippen LogP contribution < -0.4 is 14.2 Å². The Morgan fingerprint density at radius 2 is 1.96 bits per heavy atom. The molecule has 0 bridgehead atoms. The molecule has 0 radical (unpaired) electrons. The third-order valence-electron chi connectivity index (χ3n) is 5.46. The summed E-state index contributed by atoms with van der Waals surface area (Å²) in [5, 5.41) is 10.7. The molecule has 2 aliphatic rings. The van der Waals surface area contributed by atoms with Gasteiger partial charge in [-0.1, -0.05) is 38.1 Å². The first-order chi connectivity index (χ1) is 13.6. The number of hydrogen-bond acceptors (Lipinski definition) is 5. The number of piperidine rings is 1. The van der Waals surface area contributed by atoms with E-state index < -0.39 is 6.10 Å². The van der Waals surface area contributed by atoms with E-state index in [1.54, 1.807) is 0 Å². The molecule has 2 atom stereocenters. The van der Waals surface area contributed by atoms with Crippen molar-refractivity contribution in [3.05, 3.63) is 53.6 Å². The number of rotatable bonds is 5. The molecule has 5 nitrogen and oxygen atoms in total. The van der Waals surface area contributed by atoms with Crippen LogP contribution in [0.25, 0.3) is 0 Å². The molecule has 0 spiro atoms. The summed E-state index contributed by atoms with van der Waals surface area (Å²) in [7, 11) is 0. The fourth-order valence-corrected chi connectivity index (χ4v) is 3.88. The Balaban J connectivity index is 1.37. The molecule has 28 heavy (non-hydrogen) atoms. The quantitative estimate of drug-likeness (QED) is 0.855. The van der Waals surface area contributed by atoms with Gasteiger partial charge in [-0.15, -0.1) is 0 Å². The molecular weight excluding hydrogens is 354 g/mol. The van der Waals surface area contributed by atoms with Crippen molar-refractivity contribution in [1.29, 1.82) is 0 Å². The van der Waals surface area contributed by atoms with Crippen LogP contribution in [0, 0.1) is 0 Å². The van der Waals surface area contributed by atoms with E-state index in [9.17, 15) is 5.11 Å². The Labute approximate surface area is 166 Å². The van der Waals surface area contributed by atoms with E-state index >= 15 is 0 Å². The summed E-state index contributed by atoms with van der Waals surface area (Å²) in [6, 6.07) is 14.2. The normalized spacial score (nSPS) is 22.3. The van der Waals surface area contributed by atoms with Gasteiger partial charge in [0.05, 0.1) is 0 Å². The molecule has 2 heterocycles. The van der Waals surface area contributed by atoms with Gasteiger partial charge < -0.3 is 19.3 Å². The number of hydrogen-bond donors (Lipinski definition) is 1. The standard InChI is InChI=1S/C23H29NO4/c1-16(2)17-5-3-7-19(13-17)28-21-9-10-24(15-20(21)25)14-18-6-4-8-22-23(18)27-12-11-26-22/h3-8,13,16,20-21,25H,9-12,14-15H2,1-2H3/t20-,21-/m1/s1. The number of nitrogens with zero attached hydrogens (tertiary/aromatic N) is 1. The number of aliphatic hydroxyl groups excluding tert-OH is 1. The summed E-state index contributed by atoms with van der Waals surface area (Å²) < 4.78 is 17.6. The third-order valence-corrected chi connectivity index (χ3v) is 5.46. The van der Waals surface area contributed by atoms with Gasteiger partial charge in [0.25, 0.3) is 0 Å². The minimum atomic E-state index is -0.520. The summed E-state index contributed by atoms with van der Waals surface area (Å²) in [6.45, 7) is 7.70. The predicted octanol–water partition coefficient (Wildman–Crippen LogP) is 3.60. The Bertz CT molecular complexity index is 807. The van der Waals surface area contributed by atoms with Gasteiger partial charge in [-0.3, -0.25) is 4.90 Å². The molecule has 0 saturated carbocycles. The van der Waals surface area contributed by atoms with Gasteiger partial charge in [-0.25, -0.2) is 0 Å². The lowest BCUT2D eigenvalue weighted by molar-refractivity contribution is -0.0277. The molecule has 1 N–H and O–H groups in total. The highest BCUT2D eigenvalue weighted by Crippen LogP contribution is 2.35. The third kappa shape index (κ3) is 4.26. The van der Waals surface area contributed by atoms with Gasteiger partial charge >= 0.3 is 0 Å². The Morgan fingerprint density at radius 1 is 1.14 bits per heavy atom. The van der Waals surface area contributed by atoms with Crippen LogP contribution >= 0.6 is 0 Å². The highest BCUT2D eigenvalue weighted by atomic mass is 16.6. The summed E-state index contributed by atoms with van der Waals surface area (Å²) in [6.07, 6.45) is 0.0931. The van der Waals surface area contributed by atoms with E-state index in [1.807, 2.05) is 24.3 Å². The smallest absolute Gasteiger partial charge is 0.165 e. The highest BCUT2D eigenvalue weighted by molar-refractivity contribution is 5.47. The molecule has 2 aromatic rings. The van der Waals surface area contributed by atoms with Gasteiger partial charge in [0.2, 0.25) is 0 Å². The van der Waals surface area contributed by atoms with Crippen LogP contribution in [0.1, 0.15) is 37.3 Å². The first-order valence-electron chi connectivity index (χ1n) is 10.1. The van der Waals surface area contributed by atoms with E-state index in [2.05, 4.69) is 36.9 Å². The van der Waals surface area contributed by atoms with Crippen LogP contribution in [0.4, 0.5) is 0 Å². The molecule has 5 heteroatoms. The summed E-state index contributed by atoms with van der Waals surface area (Å²) in [5.41, 5.74) is 2.36. The number of β-amino-alcohol motifs (C(OH)–C–C–N with tert-alkyl or cyclic N) is 1. The van der Waals surface area contributed by atoms with E-state index in [1.165, 1.54) is 5.56 Å². The molecule has 2 aliphatic heterocycles. The second-order valence-corrected chi connectivity index (χ2v) is 7.92. The van der Waals surface area contributed by atoms with Crippen LogP contribution in [0.15, 0.2) is 42.5 Å². The summed E-state index contributed by atoms with van der Waals surface area (Å²) in [5.74, 6) is 2.95. The average Bonchev–Trinajstić information content (AvgIpc) is 2.70. The van der Waals surface area contributed by atoms with Crippen molar-refractivity contribution >= 4 is 0 Å². The predicted molar refractivity (Wildman–Crippen MR) is 108 cm³/mol. The van der Waals surface area contributed by atoms with Gasteiger partial charge in [0.1, 0.15) is 31.2 Å². The number of benzene rings is 2. The van der Waals surface area contributed by atoms with Gasteiger partial charge in [-0.05, 0) is 36.1 Å². The molecule has 150 valence electrons. The molecule has 0 aromatic heterocycles. The zero-order valence-electron chi connectivity index (χ0n) is 16.6. The lowest BCUT2D eigenvalue weighted by Crippen LogP contribution is -2.48. The molecule has 1 fully saturated rings. The Hall–Kier alpha value is -2.24. The maximum absolute atomic E-state index is 10.7. The number of aliphatic hydroxyl groups is 1. The van der Waals surface area contributed by atoms with Crippen molar-refractivity contribution in [3.8, 4) is 17.2 Å². The fourth-order valence-electron chi connectivity index (χ4n) is 3.88. The van der Waals surface area contributed by atoms with Crippen LogP contribution in [-0.4, -0.2) is 48.5 Å². The molecule has 0 aliphatic carbocycles. The van der Waals surface area contributed by atoms with Gasteiger partial charge in [0.15, 0.2) is 11.5 Å². The lowest BCUT2D eigenvalue weighted by Gasteiger charge is -2.36. The van der Waals surface area contributed by atoms with E-state index in [0.717, 1.165) is 42.3 Å². The highest BCUT2D eigenvalue weighted by Gasteiger charge is 2.30. The van der Waals surface area contributed by atoms with E-state index in [-0.39, 0.29) is 6.10 Å². The maximum Gasteiger partial charge on any atom is 0.165 e. The SMILES string of the molecule is CC(C)c1cccc(O[C@@H]2CCN(Cc3cccc4c3OCCO4)C[C@H]2O)c1. The molecule has 1 saturated heterocycles. The first kappa shape index (κ1) is 19.1. The zero-order chi connectivity index (χ0) is 19.5. The molecule has 4 rings (SSSR count).